The highest BCUT2D eigenvalue weighted by atomic mass is 32.1. The zero-order valence-electron chi connectivity index (χ0n) is 10.6. The zero-order valence-corrected chi connectivity index (χ0v) is 11.4. The van der Waals surface area contributed by atoms with Crippen LogP contribution in [0.1, 0.15) is 17.8 Å². The Balaban J connectivity index is 2.80. The number of thiophene rings is 1. The lowest BCUT2D eigenvalue weighted by atomic mass is 10.1. The monoisotopic (exact) mass is 295 g/mol. The quantitative estimate of drug-likeness (QED) is 0.380. The van der Waals surface area contributed by atoms with Crippen LogP contribution in [-0.4, -0.2) is 35.7 Å². The first-order chi connectivity index (χ1) is 8.77. The molecule has 0 saturated carbocycles. The highest BCUT2D eigenvalue weighted by Gasteiger charge is 2.43. The Bertz CT molecular complexity index is 419. The van der Waals surface area contributed by atoms with Crippen molar-refractivity contribution >= 4 is 17.2 Å². The summed E-state index contributed by atoms with van der Waals surface area (Å²) < 4.78 is 38.5. The van der Waals surface area contributed by atoms with Crippen LogP contribution in [0.4, 0.5) is 13.2 Å². The molecule has 8 heteroatoms. The second-order valence-electron chi connectivity index (χ2n) is 4.25. The highest BCUT2D eigenvalue weighted by molar-refractivity contribution is 7.10. The maximum absolute atomic E-state index is 12.8. The van der Waals surface area contributed by atoms with Crippen molar-refractivity contribution < 1.29 is 18.4 Å². The lowest BCUT2D eigenvalue weighted by molar-refractivity contribution is -0.160. The van der Waals surface area contributed by atoms with E-state index in [0.717, 1.165) is 4.88 Å². The molecule has 0 bridgehead atoms. The van der Waals surface area contributed by atoms with E-state index in [1.165, 1.54) is 16.2 Å². The number of amidine groups is 1. The molecule has 0 saturated heterocycles. The first-order valence-corrected chi connectivity index (χ1v) is 6.43. The van der Waals surface area contributed by atoms with Gasteiger partial charge in [-0.1, -0.05) is 11.2 Å². The van der Waals surface area contributed by atoms with Crippen molar-refractivity contribution in [2.45, 2.75) is 19.1 Å². The summed E-state index contributed by atoms with van der Waals surface area (Å²) >= 11 is 1.47. The fraction of sp³-hybridized carbons (Fsp3) is 0.545. The maximum atomic E-state index is 12.8. The van der Waals surface area contributed by atoms with Gasteiger partial charge in [-0.3, -0.25) is 4.90 Å². The summed E-state index contributed by atoms with van der Waals surface area (Å²) in [6, 6.07) is 3.53. The van der Waals surface area contributed by atoms with Crippen LogP contribution in [0, 0.1) is 5.92 Å². The summed E-state index contributed by atoms with van der Waals surface area (Å²) in [5.41, 5.74) is 5.13. The van der Waals surface area contributed by atoms with Crippen LogP contribution < -0.4 is 5.73 Å². The Labute approximate surface area is 113 Å². The molecule has 2 atom stereocenters. The fourth-order valence-electron chi connectivity index (χ4n) is 1.63. The molecule has 0 amide bonds. The molecule has 1 aromatic rings. The molecule has 4 nitrogen and oxygen atoms in total. The summed E-state index contributed by atoms with van der Waals surface area (Å²) in [6.07, 6.45) is -4.54. The van der Waals surface area contributed by atoms with Crippen molar-refractivity contribution in [2.75, 3.05) is 13.6 Å². The van der Waals surface area contributed by atoms with E-state index in [-0.39, 0.29) is 12.6 Å². The molecule has 2 unspecified atom stereocenters. The second kappa shape index (κ2) is 6.25. The molecule has 1 rings (SSSR count). The lowest BCUT2D eigenvalue weighted by Crippen LogP contribution is -2.43. The van der Waals surface area contributed by atoms with E-state index in [2.05, 4.69) is 5.16 Å². The number of rotatable bonds is 5. The van der Waals surface area contributed by atoms with Gasteiger partial charge in [0.05, 0.1) is 0 Å². The van der Waals surface area contributed by atoms with E-state index in [4.69, 9.17) is 10.9 Å². The van der Waals surface area contributed by atoms with E-state index in [9.17, 15) is 13.2 Å². The minimum atomic E-state index is -4.54. The molecule has 0 aliphatic carbocycles. The smallest absolute Gasteiger partial charge is 0.400 e. The third-order valence-electron chi connectivity index (χ3n) is 2.95. The van der Waals surface area contributed by atoms with Gasteiger partial charge >= 0.3 is 6.18 Å². The summed E-state index contributed by atoms with van der Waals surface area (Å²) in [6.45, 7) is 1.45. The summed E-state index contributed by atoms with van der Waals surface area (Å²) in [5.74, 6) is -2.80. The van der Waals surface area contributed by atoms with Gasteiger partial charge in [-0.05, 0) is 25.4 Å². The van der Waals surface area contributed by atoms with E-state index < -0.39 is 17.9 Å². The van der Waals surface area contributed by atoms with Crippen LogP contribution in [0.15, 0.2) is 22.7 Å². The molecular weight excluding hydrogens is 279 g/mol. The third kappa shape index (κ3) is 4.10. The highest BCUT2D eigenvalue weighted by Crippen LogP contribution is 2.30. The fourth-order valence-corrected chi connectivity index (χ4v) is 2.48. The molecule has 0 aliphatic heterocycles. The first kappa shape index (κ1) is 15.8. The minimum absolute atomic E-state index is 0.170. The van der Waals surface area contributed by atoms with Gasteiger partial charge in [0, 0.05) is 17.5 Å². The molecule has 0 radical (unpaired) electrons. The van der Waals surface area contributed by atoms with Crippen LogP contribution >= 0.6 is 11.3 Å². The molecule has 0 aromatic carbocycles. The van der Waals surface area contributed by atoms with Crippen LogP contribution in [0.2, 0.25) is 0 Å². The van der Waals surface area contributed by atoms with Crippen molar-refractivity contribution in [3.05, 3.63) is 22.4 Å². The average Bonchev–Trinajstić information content (AvgIpc) is 2.86. The second-order valence-corrected chi connectivity index (χ2v) is 5.23. The van der Waals surface area contributed by atoms with Gasteiger partial charge < -0.3 is 10.9 Å². The summed E-state index contributed by atoms with van der Waals surface area (Å²) in [5, 5.41) is 12.8. The normalized spacial score (nSPS) is 16.6. The Morgan fingerprint density at radius 2 is 2.21 bits per heavy atom. The van der Waals surface area contributed by atoms with Crippen molar-refractivity contribution in [3.63, 3.8) is 0 Å². The molecule has 0 aliphatic rings. The van der Waals surface area contributed by atoms with E-state index in [0.29, 0.717) is 0 Å². The summed E-state index contributed by atoms with van der Waals surface area (Å²) in [7, 11) is 1.58. The van der Waals surface area contributed by atoms with Crippen LogP contribution in [0.5, 0.6) is 0 Å². The first-order valence-electron chi connectivity index (χ1n) is 5.55. The Morgan fingerprint density at radius 3 is 2.63 bits per heavy atom. The lowest BCUT2D eigenvalue weighted by Gasteiger charge is -2.29. The SMILES string of the molecule is CC(c1cccs1)N(C)CC(/C(N)=N/O)C(F)(F)F. The van der Waals surface area contributed by atoms with Crippen LogP contribution in [-0.2, 0) is 0 Å². The third-order valence-corrected chi connectivity index (χ3v) is 4.00. The molecule has 108 valence electrons. The van der Waals surface area contributed by atoms with E-state index >= 15 is 0 Å². The predicted octanol–water partition coefficient (Wildman–Crippen LogP) is 2.67. The molecular formula is C11H16F3N3OS. The van der Waals surface area contributed by atoms with Crippen molar-refractivity contribution in [3.8, 4) is 0 Å². The van der Waals surface area contributed by atoms with Crippen molar-refractivity contribution in [1.29, 1.82) is 0 Å². The topological polar surface area (TPSA) is 61.8 Å². The minimum Gasteiger partial charge on any atom is -0.409 e. The van der Waals surface area contributed by atoms with Gasteiger partial charge in [0.25, 0.3) is 0 Å². The van der Waals surface area contributed by atoms with Crippen molar-refractivity contribution in [1.82, 2.24) is 4.90 Å². The molecule has 1 aromatic heterocycles. The number of nitrogens with two attached hydrogens (primary N) is 1. The van der Waals surface area contributed by atoms with Gasteiger partial charge in [0.1, 0.15) is 5.92 Å². The average molecular weight is 295 g/mol. The zero-order chi connectivity index (χ0) is 14.6. The molecule has 3 N–H and O–H groups in total. The van der Waals surface area contributed by atoms with Gasteiger partial charge in [-0.25, -0.2) is 0 Å². The molecule has 19 heavy (non-hydrogen) atoms. The van der Waals surface area contributed by atoms with Crippen LogP contribution in [0.3, 0.4) is 0 Å². The number of oxime groups is 1. The number of halogens is 3. The Hall–Kier alpha value is -1.28. The molecule has 1 heterocycles. The number of nitrogens with zero attached hydrogens (tertiary/aromatic N) is 2. The summed E-state index contributed by atoms with van der Waals surface area (Å²) in [4.78, 5) is 2.49. The Kier molecular flexibility index (Phi) is 5.19. The Morgan fingerprint density at radius 1 is 1.58 bits per heavy atom. The number of alkyl halides is 3. The van der Waals surface area contributed by atoms with Gasteiger partial charge in [-0.2, -0.15) is 13.2 Å². The van der Waals surface area contributed by atoms with E-state index in [1.807, 2.05) is 24.4 Å². The van der Waals surface area contributed by atoms with E-state index in [1.54, 1.807) is 7.05 Å². The molecule has 0 spiro atoms. The van der Waals surface area contributed by atoms with Gasteiger partial charge in [0.2, 0.25) is 0 Å². The van der Waals surface area contributed by atoms with Gasteiger partial charge in [-0.15, -0.1) is 11.3 Å². The number of hydrogen-bond acceptors (Lipinski definition) is 4. The largest absolute Gasteiger partial charge is 0.409 e. The van der Waals surface area contributed by atoms with Crippen molar-refractivity contribution in [2.24, 2.45) is 16.8 Å². The van der Waals surface area contributed by atoms with Gasteiger partial charge in [0.15, 0.2) is 5.84 Å². The molecule has 0 fully saturated rings. The standard InChI is InChI=1S/C11H16F3N3OS/c1-7(9-4-3-5-19-9)17(2)6-8(10(15)16-18)11(12,13)14/h3-5,7-8,18H,6H2,1-2H3,(H2,15,16). The number of hydrogen-bond donors (Lipinski definition) is 2. The maximum Gasteiger partial charge on any atom is 0.400 e. The predicted molar refractivity (Wildman–Crippen MR) is 68.3 cm³/mol. The van der Waals surface area contributed by atoms with Crippen LogP contribution in [0.25, 0.3) is 0 Å².